The van der Waals surface area contributed by atoms with Gasteiger partial charge in [-0.1, -0.05) is 158 Å². The molecule has 4 heteroatoms. The Morgan fingerprint density at radius 2 is 1.02 bits per heavy atom. The number of aromatic nitrogens is 3. The molecule has 260 valence electrons. The molecule has 11 aromatic rings. The Labute approximate surface area is 322 Å². The van der Waals surface area contributed by atoms with Crippen molar-refractivity contribution in [3.63, 3.8) is 0 Å². The van der Waals surface area contributed by atoms with Gasteiger partial charge in [0.2, 0.25) is 0 Å². The number of hydrogen-bond donors (Lipinski definition) is 0. The Morgan fingerprint density at radius 1 is 0.375 bits per heavy atom. The van der Waals surface area contributed by atoms with Crippen molar-refractivity contribution in [2.75, 3.05) is 0 Å². The number of nitrogens with zero attached hydrogens (tertiary/aromatic N) is 3. The summed E-state index contributed by atoms with van der Waals surface area (Å²) < 4.78 is 6.48. The van der Waals surface area contributed by atoms with Gasteiger partial charge in [-0.3, -0.25) is 0 Å². The molecule has 0 radical (unpaired) electrons. The summed E-state index contributed by atoms with van der Waals surface area (Å²) in [4.78, 5) is 15.9. The van der Waals surface area contributed by atoms with E-state index in [-0.39, 0.29) is 0 Å². The predicted octanol–water partition coefficient (Wildman–Crippen LogP) is 13.0. The van der Waals surface area contributed by atoms with Crippen LogP contribution in [0.4, 0.5) is 0 Å². The van der Waals surface area contributed by atoms with Crippen molar-refractivity contribution < 1.29 is 4.42 Å². The molecule has 0 N–H and O–H groups in total. The Bertz CT molecular complexity index is 3380. The van der Waals surface area contributed by atoms with Gasteiger partial charge >= 0.3 is 0 Å². The lowest BCUT2D eigenvalue weighted by Gasteiger charge is -2.34. The molecule has 0 amide bonds. The predicted molar refractivity (Wildman–Crippen MR) is 229 cm³/mol. The van der Waals surface area contributed by atoms with Gasteiger partial charge < -0.3 is 4.42 Å². The van der Waals surface area contributed by atoms with Gasteiger partial charge in [0.25, 0.3) is 0 Å². The molecule has 0 spiro atoms. The highest BCUT2D eigenvalue weighted by atomic mass is 16.3. The molecule has 56 heavy (non-hydrogen) atoms. The maximum atomic E-state index is 6.48. The van der Waals surface area contributed by atoms with Gasteiger partial charge in [0.1, 0.15) is 11.2 Å². The molecule has 0 saturated heterocycles. The van der Waals surface area contributed by atoms with E-state index in [1.165, 1.54) is 33.4 Å². The average Bonchev–Trinajstić information content (AvgIpc) is 3.80. The summed E-state index contributed by atoms with van der Waals surface area (Å²) in [6.07, 6.45) is 0. The fourth-order valence-corrected chi connectivity index (χ4v) is 9.33. The van der Waals surface area contributed by atoms with E-state index in [9.17, 15) is 0 Å². The molecule has 0 saturated carbocycles. The molecule has 0 atom stereocenters. The average molecular weight is 714 g/mol. The number of benzene rings is 8. The Morgan fingerprint density at radius 3 is 1.82 bits per heavy atom. The van der Waals surface area contributed by atoms with E-state index in [2.05, 4.69) is 176 Å². The quantitative estimate of drug-likeness (QED) is 0.183. The van der Waals surface area contributed by atoms with E-state index >= 15 is 0 Å². The first kappa shape index (κ1) is 31.0. The van der Waals surface area contributed by atoms with Crippen LogP contribution >= 0.6 is 0 Å². The van der Waals surface area contributed by atoms with Crippen LogP contribution < -0.4 is 0 Å². The van der Waals surface area contributed by atoms with E-state index < -0.39 is 5.41 Å². The smallest absolute Gasteiger partial charge is 0.164 e. The zero-order valence-corrected chi connectivity index (χ0v) is 30.1. The molecule has 0 fully saturated rings. The third-order valence-corrected chi connectivity index (χ3v) is 11.8. The summed E-state index contributed by atoms with van der Waals surface area (Å²) in [5, 5.41) is 8.38. The van der Waals surface area contributed by atoms with Crippen LogP contribution in [0.2, 0.25) is 0 Å². The molecule has 0 unspecified atom stereocenters. The first-order valence-corrected chi connectivity index (χ1v) is 19.0. The van der Waals surface area contributed by atoms with E-state index in [0.29, 0.717) is 17.1 Å². The van der Waals surface area contributed by atoms with Gasteiger partial charge in [-0.2, -0.15) is 0 Å². The molecular formula is C52H31N3O. The number of rotatable bonds is 3. The van der Waals surface area contributed by atoms with Crippen molar-refractivity contribution in [1.82, 2.24) is 15.0 Å². The summed E-state index contributed by atoms with van der Waals surface area (Å²) in [6, 6.07) is 67.1. The largest absolute Gasteiger partial charge is 0.456 e. The van der Waals surface area contributed by atoms with E-state index in [0.717, 1.165) is 59.8 Å². The Kier molecular flexibility index (Phi) is 6.52. The number of hydrogen-bond acceptors (Lipinski definition) is 4. The van der Waals surface area contributed by atoms with Crippen molar-refractivity contribution in [1.29, 1.82) is 0 Å². The minimum atomic E-state index is -0.543. The summed E-state index contributed by atoms with van der Waals surface area (Å²) in [6.45, 7) is 0. The maximum Gasteiger partial charge on any atom is 0.164 e. The molecule has 1 aliphatic rings. The van der Waals surface area contributed by atoms with Gasteiger partial charge in [0, 0.05) is 27.1 Å². The highest BCUT2D eigenvalue weighted by Crippen LogP contribution is 2.56. The SMILES string of the molecule is c1ccc(C2(c3ccccc3)c3ccccc3-c3ccc(-c4nc5nc(n4)c4cccc6oc7ccc(cc7c64)c4ccccc4c4cccc5c4)cc32)cc1. The van der Waals surface area contributed by atoms with Crippen LogP contribution in [0, 0.1) is 0 Å². The molecule has 6 bridgehead atoms. The van der Waals surface area contributed by atoms with Gasteiger partial charge in [-0.05, 0) is 85.3 Å². The summed E-state index contributed by atoms with van der Waals surface area (Å²) in [7, 11) is 0. The molecular weight excluding hydrogens is 683 g/mol. The normalized spacial score (nSPS) is 13.1. The second-order valence-corrected chi connectivity index (χ2v) is 14.7. The first-order chi connectivity index (χ1) is 27.7. The fraction of sp³-hybridized carbons (Fsp3) is 0.0192. The van der Waals surface area contributed by atoms with Gasteiger partial charge in [-0.25, -0.2) is 15.0 Å². The van der Waals surface area contributed by atoms with Crippen LogP contribution in [-0.4, -0.2) is 15.0 Å². The molecule has 3 aromatic heterocycles. The van der Waals surface area contributed by atoms with Crippen LogP contribution in [0.15, 0.2) is 192 Å². The Hall–Kier alpha value is -7.43. The maximum absolute atomic E-state index is 6.48. The minimum Gasteiger partial charge on any atom is -0.456 e. The van der Waals surface area contributed by atoms with Crippen LogP contribution in [0.1, 0.15) is 22.3 Å². The standard InChI is InChI=1S/C52H31N3O/c1-3-15-36(16-4-1)52(37-17-5-2-6-18-37)44-23-10-9-21-40(44)41-27-25-35(31-45(41)52)50-53-49-34-14-11-13-32(29-34)38-19-7-8-20-39(38)33-26-28-46-43(30-33)48-42(51(54-49)55-50)22-12-24-47(48)56-46/h1-31H. The van der Waals surface area contributed by atoms with Crippen LogP contribution in [0.5, 0.6) is 0 Å². The molecule has 4 nitrogen and oxygen atoms in total. The third-order valence-electron chi connectivity index (χ3n) is 11.8. The van der Waals surface area contributed by atoms with E-state index in [1.54, 1.807) is 0 Å². The lowest BCUT2D eigenvalue weighted by molar-refractivity contribution is 0.669. The summed E-state index contributed by atoms with van der Waals surface area (Å²) in [5.41, 5.74) is 10.6. The van der Waals surface area contributed by atoms with E-state index in [4.69, 9.17) is 19.4 Å². The van der Waals surface area contributed by atoms with Gasteiger partial charge in [0.15, 0.2) is 17.1 Å². The molecule has 1 aliphatic carbocycles. The molecule has 8 aromatic carbocycles. The Balaban J connectivity index is 1.22. The van der Waals surface area contributed by atoms with Gasteiger partial charge in [-0.15, -0.1) is 0 Å². The van der Waals surface area contributed by atoms with Crippen molar-refractivity contribution in [3.05, 3.63) is 210 Å². The molecule has 3 heterocycles. The summed E-state index contributed by atoms with van der Waals surface area (Å²) in [5.74, 6) is 0.616. The lowest BCUT2D eigenvalue weighted by atomic mass is 9.67. The molecule has 0 aliphatic heterocycles. The zero-order valence-electron chi connectivity index (χ0n) is 30.1. The van der Waals surface area contributed by atoms with Crippen LogP contribution in [0.25, 0.3) is 88.1 Å². The van der Waals surface area contributed by atoms with Crippen molar-refractivity contribution >= 4 is 65.6 Å². The zero-order chi connectivity index (χ0) is 36.8. The highest BCUT2D eigenvalue weighted by molar-refractivity contribution is 6.19. The number of furan rings is 1. The first-order valence-electron chi connectivity index (χ1n) is 19.0. The number of fused-ring (bicyclic) bond motifs is 13. The van der Waals surface area contributed by atoms with Crippen molar-refractivity contribution in [2.24, 2.45) is 0 Å². The molecule has 12 rings (SSSR count). The topological polar surface area (TPSA) is 51.8 Å². The second kappa shape index (κ2) is 11.8. The third kappa shape index (κ3) is 4.38. The second-order valence-electron chi connectivity index (χ2n) is 14.7. The lowest BCUT2D eigenvalue weighted by Crippen LogP contribution is -2.28. The van der Waals surface area contributed by atoms with Crippen molar-refractivity contribution in [2.45, 2.75) is 5.41 Å². The fourth-order valence-electron chi connectivity index (χ4n) is 9.33. The monoisotopic (exact) mass is 713 g/mol. The van der Waals surface area contributed by atoms with E-state index in [1.807, 2.05) is 12.1 Å². The van der Waals surface area contributed by atoms with Crippen LogP contribution in [-0.2, 0) is 5.41 Å². The van der Waals surface area contributed by atoms with Crippen LogP contribution in [0.3, 0.4) is 0 Å². The summed E-state index contributed by atoms with van der Waals surface area (Å²) >= 11 is 0. The van der Waals surface area contributed by atoms with Gasteiger partial charge in [0.05, 0.1) is 5.41 Å². The van der Waals surface area contributed by atoms with Crippen molar-refractivity contribution in [3.8, 4) is 22.5 Å². The minimum absolute atomic E-state index is 0.543. The highest BCUT2D eigenvalue weighted by Gasteiger charge is 2.46.